The van der Waals surface area contributed by atoms with Crippen LogP contribution in [0.4, 0.5) is 10.8 Å². The van der Waals surface area contributed by atoms with Gasteiger partial charge in [0.2, 0.25) is 0 Å². The van der Waals surface area contributed by atoms with E-state index >= 15 is 0 Å². The van der Waals surface area contributed by atoms with Crippen LogP contribution in [0, 0.1) is 0 Å². The molecule has 0 saturated carbocycles. The van der Waals surface area contributed by atoms with Crippen LogP contribution in [0.1, 0.15) is 13.3 Å². The molecule has 16 heavy (non-hydrogen) atoms. The van der Waals surface area contributed by atoms with E-state index in [0.717, 1.165) is 24.5 Å². The van der Waals surface area contributed by atoms with Crippen LogP contribution in [0.2, 0.25) is 0 Å². The number of aromatic nitrogens is 1. The van der Waals surface area contributed by atoms with Crippen molar-refractivity contribution in [1.29, 1.82) is 0 Å². The Balaban J connectivity index is 2.41. The molecule has 92 valence electrons. The number of anilines is 2. The van der Waals surface area contributed by atoms with Gasteiger partial charge in [-0.2, -0.15) is 4.37 Å². The molecule has 0 bridgehead atoms. The van der Waals surface area contributed by atoms with Crippen LogP contribution in [0.5, 0.6) is 5.75 Å². The second-order valence-corrected chi connectivity index (χ2v) is 4.52. The van der Waals surface area contributed by atoms with Crippen molar-refractivity contribution in [2.45, 2.75) is 13.3 Å². The van der Waals surface area contributed by atoms with Crippen molar-refractivity contribution >= 4 is 22.4 Å². The molecule has 1 heterocycles. The molecule has 3 N–H and O–H groups in total. The van der Waals surface area contributed by atoms with Gasteiger partial charge in [0, 0.05) is 6.54 Å². The molecule has 6 heteroatoms. The fourth-order valence-corrected chi connectivity index (χ4v) is 1.97. The standard InChI is InChI=1S/C10H20N4OS/c1-4-15-8-9(11)13-16-10(8)12-6-5-7-14(2)3/h12H,4-7H2,1-3H3,(H2,11,13). The molecular weight excluding hydrogens is 224 g/mol. The summed E-state index contributed by atoms with van der Waals surface area (Å²) in [5, 5.41) is 4.23. The van der Waals surface area contributed by atoms with E-state index in [1.807, 2.05) is 6.92 Å². The molecule has 0 saturated heterocycles. The Morgan fingerprint density at radius 2 is 2.25 bits per heavy atom. The fraction of sp³-hybridized carbons (Fsp3) is 0.700. The number of ether oxygens (including phenoxy) is 1. The third-order valence-corrected chi connectivity index (χ3v) is 2.83. The van der Waals surface area contributed by atoms with E-state index in [2.05, 4.69) is 28.7 Å². The molecule has 0 atom stereocenters. The average Bonchev–Trinajstić information content (AvgIpc) is 2.56. The number of nitrogen functional groups attached to an aromatic ring is 1. The zero-order chi connectivity index (χ0) is 12.0. The van der Waals surface area contributed by atoms with E-state index in [-0.39, 0.29) is 0 Å². The summed E-state index contributed by atoms with van der Waals surface area (Å²) in [5.41, 5.74) is 5.71. The Hall–Kier alpha value is -1.01. The maximum Gasteiger partial charge on any atom is 0.197 e. The van der Waals surface area contributed by atoms with Crippen LogP contribution in [-0.4, -0.2) is 43.1 Å². The lowest BCUT2D eigenvalue weighted by Gasteiger charge is -2.10. The highest BCUT2D eigenvalue weighted by Crippen LogP contribution is 2.34. The Kier molecular flexibility index (Phi) is 5.34. The summed E-state index contributed by atoms with van der Waals surface area (Å²) in [4.78, 5) is 2.16. The summed E-state index contributed by atoms with van der Waals surface area (Å²) in [7, 11) is 4.13. The third kappa shape index (κ3) is 3.86. The van der Waals surface area contributed by atoms with Crippen molar-refractivity contribution in [3.63, 3.8) is 0 Å². The maximum atomic E-state index is 5.71. The van der Waals surface area contributed by atoms with Gasteiger partial charge in [-0.05, 0) is 45.5 Å². The Morgan fingerprint density at radius 3 is 2.88 bits per heavy atom. The summed E-state index contributed by atoms with van der Waals surface area (Å²) >= 11 is 1.35. The van der Waals surface area contributed by atoms with Crippen LogP contribution >= 0.6 is 11.5 Å². The van der Waals surface area contributed by atoms with Gasteiger partial charge in [0.25, 0.3) is 0 Å². The van der Waals surface area contributed by atoms with E-state index in [0.29, 0.717) is 18.2 Å². The van der Waals surface area contributed by atoms with Gasteiger partial charge in [-0.3, -0.25) is 0 Å². The highest BCUT2D eigenvalue weighted by atomic mass is 32.1. The highest BCUT2D eigenvalue weighted by Gasteiger charge is 2.11. The molecular formula is C10H20N4OS. The van der Waals surface area contributed by atoms with Crippen molar-refractivity contribution in [2.24, 2.45) is 0 Å². The summed E-state index contributed by atoms with van der Waals surface area (Å²) in [6.07, 6.45) is 1.08. The van der Waals surface area contributed by atoms with Crippen molar-refractivity contribution in [1.82, 2.24) is 9.27 Å². The lowest BCUT2D eigenvalue weighted by molar-refractivity contribution is 0.344. The quantitative estimate of drug-likeness (QED) is 0.711. The number of nitrogens with zero attached hydrogens (tertiary/aromatic N) is 2. The number of hydrogen-bond donors (Lipinski definition) is 2. The maximum absolute atomic E-state index is 5.71. The van der Waals surface area contributed by atoms with Crippen molar-refractivity contribution in [3.05, 3.63) is 0 Å². The zero-order valence-electron chi connectivity index (χ0n) is 10.1. The van der Waals surface area contributed by atoms with Gasteiger partial charge in [0.15, 0.2) is 16.6 Å². The summed E-state index contributed by atoms with van der Waals surface area (Å²) in [5.74, 6) is 1.17. The van der Waals surface area contributed by atoms with Gasteiger partial charge in [-0.1, -0.05) is 0 Å². The van der Waals surface area contributed by atoms with Crippen molar-refractivity contribution in [2.75, 3.05) is 44.8 Å². The van der Waals surface area contributed by atoms with Gasteiger partial charge in [0.05, 0.1) is 6.61 Å². The SMILES string of the molecule is CCOc1c(N)nsc1NCCCN(C)C. The third-order valence-electron chi connectivity index (χ3n) is 2.03. The van der Waals surface area contributed by atoms with Gasteiger partial charge in [0.1, 0.15) is 0 Å². The molecule has 0 aromatic carbocycles. The largest absolute Gasteiger partial charge is 0.487 e. The van der Waals surface area contributed by atoms with Crippen molar-refractivity contribution < 1.29 is 4.74 Å². The van der Waals surface area contributed by atoms with E-state index in [9.17, 15) is 0 Å². The molecule has 0 radical (unpaired) electrons. The minimum absolute atomic E-state index is 0.474. The van der Waals surface area contributed by atoms with E-state index in [4.69, 9.17) is 10.5 Å². The molecule has 1 rings (SSSR count). The first-order valence-corrected chi connectivity index (χ1v) is 6.19. The monoisotopic (exact) mass is 244 g/mol. The molecule has 0 fully saturated rings. The first-order valence-electron chi connectivity index (χ1n) is 5.41. The second-order valence-electron chi connectivity index (χ2n) is 3.74. The van der Waals surface area contributed by atoms with E-state index in [1.165, 1.54) is 11.5 Å². The predicted molar refractivity (Wildman–Crippen MR) is 69.4 cm³/mol. The molecule has 1 aromatic heterocycles. The van der Waals surface area contributed by atoms with Crippen LogP contribution < -0.4 is 15.8 Å². The van der Waals surface area contributed by atoms with Gasteiger partial charge < -0.3 is 20.7 Å². The summed E-state index contributed by atoms with van der Waals surface area (Å²) in [6.45, 7) is 4.51. The minimum atomic E-state index is 0.474. The first kappa shape index (κ1) is 13.1. The Labute approximate surface area is 101 Å². The lowest BCUT2D eigenvalue weighted by atomic mass is 10.4. The summed E-state index contributed by atoms with van der Waals surface area (Å²) < 4.78 is 9.51. The normalized spacial score (nSPS) is 10.8. The van der Waals surface area contributed by atoms with Crippen LogP contribution in [0.3, 0.4) is 0 Å². The number of nitrogens with one attached hydrogen (secondary N) is 1. The van der Waals surface area contributed by atoms with Crippen molar-refractivity contribution in [3.8, 4) is 5.75 Å². The molecule has 0 aliphatic carbocycles. The minimum Gasteiger partial charge on any atom is -0.487 e. The Morgan fingerprint density at radius 1 is 1.50 bits per heavy atom. The van der Waals surface area contributed by atoms with Crippen LogP contribution in [-0.2, 0) is 0 Å². The molecule has 0 amide bonds. The molecule has 0 unspecified atom stereocenters. The summed E-state index contributed by atoms with van der Waals surface area (Å²) in [6, 6.07) is 0. The second kappa shape index (κ2) is 6.55. The number of nitrogens with two attached hydrogens (primary N) is 1. The highest BCUT2D eigenvalue weighted by molar-refractivity contribution is 7.11. The van der Waals surface area contributed by atoms with Gasteiger partial charge in [-0.15, -0.1) is 0 Å². The van der Waals surface area contributed by atoms with Crippen LogP contribution in [0.15, 0.2) is 0 Å². The molecule has 1 aromatic rings. The number of rotatable bonds is 7. The molecule has 0 spiro atoms. The van der Waals surface area contributed by atoms with E-state index < -0.39 is 0 Å². The van der Waals surface area contributed by atoms with Gasteiger partial charge in [-0.25, -0.2) is 0 Å². The average molecular weight is 244 g/mol. The van der Waals surface area contributed by atoms with Crippen LogP contribution in [0.25, 0.3) is 0 Å². The molecule has 0 aliphatic heterocycles. The Bertz CT molecular complexity index is 314. The molecule has 0 aliphatic rings. The van der Waals surface area contributed by atoms with Gasteiger partial charge >= 0.3 is 0 Å². The van der Waals surface area contributed by atoms with E-state index in [1.54, 1.807) is 0 Å². The predicted octanol–water partition coefficient (Wildman–Crippen LogP) is 1.49. The first-order chi connectivity index (χ1) is 7.65. The number of hydrogen-bond acceptors (Lipinski definition) is 6. The fourth-order valence-electron chi connectivity index (χ4n) is 1.29. The zero-order valence-corrected chi connectivity index (χ0v) is 10.9. The topological polar surface area (TPSA) is 63.4 Å². The molecule has 5 nitrogen and oxygen atoms in total. The lowest BCUT2D eigenvalue weighted by Crippen LogP contribution is -2.16. The smallest absolute Gasteiger partial charge is 0.197 e.